The smallest absolute Gasteiger partial charge is 0.338 e. The summed E-state index contributed by atoms with van der Waals surface area (Å²) in [7, 11) is -2.60. The van der Waals surface area contributed by atoms with E-state index in [0.717, 1.165) is 0 Å². The molecule has 3 aromatic carbocycles. The molecule has 1 heterocycles. The second-order valence-electron chi connectivity index (χ2n) is 8.52. The van der Waals surface area contributed by atoms with Crippen molar-refractivity contribution in [3.05, 3.63) is 116 Å². The third kappa shape index (κ3) is 5.20. The Labute approximate surface area is 218 Å². The number of ether oxygens (including phenoxy) is 1. The van der Waals surface area contributed by atoms with Gasteiger partial charge in [-0.2, -0.15) is 0 Å². The van der Waals surface area contributed by atoms with E-state index in [1.54, 1.807) is 55.9 Å². The van der Waals surface area contributed by atoms with Gasteiger partial charge in [-0.05, 0) is 61.4 Å². The van der Waals surface area contributed by atoms with Crippen LogP contribution >= 0.6 is 0 Å². The molecule has 0 bridgehead atoms. The van der Waals surface area contributed by atoms with Gasteiger partial charge in [-0.3, -0.25) is 24.3 Å². The van der Waals surface area contributed by atoms with E-state index >= 15 is 0 Å². The first-order valence-electron chi connectivity index (χ1n) is 11.4. The molecule has 196 valence electrons. The lowest BCUT2D eigenvalue weighted by molar-refractivity contribution is -0.384. The van der Waals surface area contributed by atoms with E-state index in [0.29, 0.717) is 22.5 Å². The number of benzene rings is 3. The molecule has 4 rings (SSSR count). The Balaban J connectivity index is 1.58. The fourth-order valence-corrected chi connectivity index (χ4v) is 4.95. The zero-order valence-electron chi connectivity index (χ0n) is 20.7. The van der Waals surface area contributed by atoms with Gasteiger partial charge in [0.15, 0.2) is 0 Å². The van der Waals surface area contributed by atoms with Crippen molar-refractivity contribution in [3.63, 3.8) is 0 Å². The molecule has 0 fully saturated rings. The number of nitro groups is 1. The molecule has 0 spiro atoms. The van der Waals surface area contributed by atoms with Crippen LogP contribution in [0.4, 0.5) is 11.4 Å². The van der Waals surface area contributed by atoms with Gasteiger partial charge < -0.3 is 4.74 Å². The normalized spacial score (nSPS) is 11.2. The van der Waals surface area contributed by atoms with Crippen LogP contribution in [0, 0.1) is 24.0 Å². The molecular weight excluding hydrogens is 512 g/mol. The summed E-state index contributed by atoms with van der Waals surface area (Å²) in [6.45, 7) is 3.09. The lowest BCUT2D eigenvalue weighted by Gasteiger charge is -2.11. The van der Waals surface area contributed by atoms with Crippen LogP contribution in [-0.4, -0.2) is 28.7 Å². The van der Waals surface area contributed by atoms with E-state index in [1.807, 2.05) is 0 Å². The number of hydrogen-bond acceptors (Lipinski definition) is 7. The van der Waals surface area contributed by atoms with Gasteiger partial charge in [0.25, 0.3) is 21.3 Å². The third-order valence-electron chi connectivity index (χ3n) is 6.05. The number of esters is 1. The fourth-order valence-electron chi connectivity index (χ4n) is 3.81. The molecule has 38 heavy (non-hydrogen) atoms. The molecule has 0 unspecified atom stereocenters. The molecule has 0 saturated carbocycles. The van der Waals surface area contributed by atoms with Crippen LogP contribution in [0.1, 0.15) is 27.2 Å². The summed E-state index contributed by atoms with van der Waals surface area (Å²) < 4.78 is 37.1. The van der Waals surface area contributed by atoms with E-state index in [4.69, 9.17) is 4.74 Å². The van der Waals surface area contributed by atoms with Gasteiger partial charge in [-0.25, -0.2) is 17.9 Å². The van der Waals surface area contributed by atoms with Gasteiger partial charge in [0.2, 0.25) is 0 Å². The number of aromatic nitrogens is 2. The molecule has 0 aliphatic rings. The van der Waals surface area contributed by atoms with E-state index in [2.05, 4.69) is 4.72 Å². The number of aryl methyl sites for hydroxylation is 1. The Bertz CT molecular complexity index is 1690. The van der Waals surface area contributed by atoms with Crippen LogP contribution in [0.2, 0.25) is 0 Å². The summed E-state index contributed by atoms with van der Waals surface area (Å²) in [5.74, 6) is -0.764. The lowest BCUT2D eigenvalue weighted by atomic mass is 10.1. The minimum atomic E-state index is -4.25. The van der Waals surface area contributed by atoms with Crippen molar-refractivity contribution in [2.24, 2.45) is 7.05 Å². The largest absolute Gasteiger partial charge is 0.457 e. The summed E-state index contributed by atoms with van der Waals surface area (Å²) in [4.78, 5) is 35.9. The Kier molecular flexibility index (Phi) is 7.17. The number of para-hydroxylation sites is 1. The van der Waals surface area contributed by atoms with Gasteiger partial charge in [0.1, 0.15) is 12.3 Å². The predicted molar refractivity (Wildman–Crippen MR) is 140 cm³/mol. The highest BCUT2D eigenvalue weighted by molar-refractivity contribution is 7.92. The molecule has 1 N–H and O–H groups in total. The summed E-state index contributed by atoms with van der Waals surface area (Å²) in [6, 6.07) is 18.3. The van der Waals surface area contributed by atoms with Gasteiger partial charge in [0, 0.05) is 19.2 Å². The van der Waals surface area contributed by atoms with Crippen LogP contribution in [0.25, 0.3) is 5.69 Å². The molecule has 12 heteroatoms. The molecule has 4 aromatic rings. The summed E-state index contributed by atoms with van der Waals surface area (Å²) in [6.07, 6.45) is 0. The van der Waals surface area contributed by atoms with Crippen molar-refractivity contribution in [1.82, 2.24) is 9.36 Å². The van der Waals surface area contributed by atoms with Crippen LogP contribution in [0.3, 0.4) is 0 Å². The number of rotatable bonds is 8. The number of carbonyl (C=O) groups is 1. The monoisotopic (exact) mass is 536 g/mol. The van der Waals surface area contributed by atoms with Crippen molar-refractivity contribution >= 4 is 27.4 Å². The molecule has 1 aromatic heterocycles. The zero-order valence-corrected chi connectivity index (χ0v) is 21.6. The minimum Gasteiger partial charge on any atom is -0.457 e. The second-order valence-corrected chi connectivity index (χ2v) is 10.2. The quantitative estimate of drug-likeness (QED) is 0.205. The number of hydrogen-bond donors (Lipinski definition) is 1. The second kappa shape index (κ2) is 10.3. The highest BCUT2D eigenvalue weighted by Crippen LogP contribution is 2.22. The van der Waals surface area contributed by atoms with Crippen LogP contribution in [-0.2, 0) is 28.4 Å². The topological polar surface area (TPSA) is 143 Å². The summed E-state index contributed by atoms with van der Waals surface area (Å²) >= 11 is 0. The number of carbonyl (C=O) groups excluding carboxylic acids is 1. The van der Waals surface area contributed by atoms with E-state index in [-0.39, 0.29) is 28.4 Å². The molecule has 0 aliphatic carbocycles. The number of anilines is 1. The Morgan fingerprint density at radius 2 is 1.68 bits per heavy atom. The average Bonchev–Trinajstić information content (AvgIpc) is 3.10. The van der Waals surface area contributed by atoms with Crippen LogP contribution < -0.4 is 10.3 Å². The van der Waals surface area contributed by atoms with Crippen molar-refractivity contribution < 1.29 is 22.9 Å². The average molecular weight is 537 g/mol. The number of nitro benzene ring substituents is 1. The first-order chi connectivity index (χ1) is 18.0. The van der Waals surface area contributed by atoms with E-state index in [1.165, 1.54) is 47.1 Å². The highest BCUT2D eigenvalue weighted by Gasteiger charge is 2.24. The Morgan fingerprint density at radius 3 is 2.32 bits per heavy atom. The minimum absolute atomic E-state index is 0.0290. The zero-order chi connectivity index (χ0) is 27.6. The van der Waals surface area contributed by atoms with E-state index in [9.17, 15) is 28.1 Å². The van der Waals surface area contributed by atoms with Crippen molar-refractivity contribution in [2.75, 3.05) is 4.72 Å². The number of nitrogens with one attached hydrogen (secondary N) is 1. The van der Waals surface area contributed by atoms with Gasteiger partial charge in [-0.15, -0.1) is 0 Å². The molecule has 0 saturated heterocycles. The standard InChI is InChI=1S/C26H24N4O7S/c1-17-9-14-22(15-23(17)26(32)37-16-19-10-12-21(13-11-19)30(33)34)38(35,36)27-24-18(2)28(3)29(25(24)31)20-7-5-4-6-8-20/h4-15,27H,16H2,1-3H3. The fraction of sp³-hybridized carbons (Fsp3) is 0.154. The lowest BCUT2D eigenvalue weighted by Crippen LogP contribution is -2.23. The van der Waals surface area contributed by atoms with Gasteiger partial charge >= 0.3 is 5.97 Å². The number of sulfonamides is 1. The van der Waals surface area contributed by atoms with Crippen LogP contribution in [0.5, 0.6) is 0 Å². The highest BCUT2D eigenvalue weighted by atomic mass is 32.2. The Hall–Kier alpha value is -4.71. The van der Waals surface area contributed by atoms with Crippen molar-refractivity contribution in [1.29, 1.82) is 0 Å². The molecular formula is C26H24N4O7S. The molecule has 11 nitrogen and oxygen atoms in total. The molecule has 0 amide bonds. The Morgan fingerprint density at radius 1 is 1.03 bits per heavy atom. The maximum absolute atomic E-state index is 13.2. The van der Waals surface area contributed by atoms with Crippen molar-refractivity contribution in [3.8, 4) is 5.69 Å². The molecule has 0 radical (unpaired) electrons. The predicted octanol–water partition coefficient (Wildman–Crippen LogP) is 3.86. The third-order valence-corrected chi connectivity index (χ3v) is 7.39. The van der Waals surface area contributed by atoms with E-state index < -0.39 is 26.5 Å². The number of non-ortho nitro benzene ring substituents is 1. The summed E-state index contributed by atoms with van der Waals surface area (Å²) in [5.41, 5.74) is 1.26. The molecule has 0 aliphatic heterocycles. The number of nitrogens with zero attached hydrogens (tertiary/aromatic N) is 3. The maximum atomic E-state index is 13.2. The molecule has 0 atom stereocenters. The van der Waals surface area contributed by atoms with Crippen LogP contribution in [0.15, 0.2) is 82.5 Å². The first kappa shape index (κ1) is 26.4. The van der Waals surface area contributed by atoms with Gasteiger partial charge in [0.05, 0.1) is 26.8 Å². The maximum Gasteiger partial charge on any atom is 0.338 e. The summed E-state index contributed by atoms with van der Waals surface area (Å²) in [5, 5.41) is 10.8. The first-order valence-corrected chi connectivity index (χ1v) is 12.9. The van der Waals surface area contributed by atoms with Crippen molar-refractivity contribution in [2.45, 2.75) is 25.3 Å². The van der Waals surface area contributed by atoms with Gasteiger partial charge in [-0.1, -0.05) is 24.3 Å². The SMILES string of the molecule is Cc1ccc(S(=O)(=O)Nc2c(C)n(C)n(-c3ccccc3)c2=O)cc1C(=O)OCc1ccc([N+](=O)[O-])cc1.